The molecule has 0 aromatic carbocycles. The van der Waals surface area contributed by atoms with Gasteiger partial charge in [0.1, 0.15) is 5.92 Å². The molecule has 104 valence electrons. The number of hydrogen-bond acceptors (Lipinski definition) is 4. The maximum atomic E-state index is 12.4. The minimum atomic E-state index is -0.911. The molecule has 2 atom stereocenters. The minimum absolute atomic E-state index is 0.103. The predicted octanol–water partition coefficient (Wildman–Crippen LogP) is -0.0675. The highest BCUT2D eigenvalue weighted by Crippen LogP contribution is 2.22. The number of carboxylic acids is 1. The normalized spacial score (nSPS) is 24.0. The first-order valence-corrected chi connectivity index (χ1v) is 6.15. The zero-order valence-electron chi connectivity index (χ0n) is 11.4. The van der Waals surface area contributed by atoms with Gasteiger partial charge < -0.3 is 20.1 Å². The van der Waals surface area contributed by atoms with E-state index in [1.165, 1.54) is 0 Å². The third-order valence-corrected chi connectivity index (χ3v) is 3.53. The van der Waals surface area contributed by atoms with Crippen LogP contribution in [0.5, 0.6) is 0 Å². The number of carbonyl (C=O) groups excluding carboxylic acids is 1. The number of ether oxygens (including phenoxy) is 1. The lowest BCUT2D eigenvalue weighted by molar-refractivity contribution is -0.146. The van der Waals surface area contributed by atoms with Gasteiger partial charge in [-0.15, -0.1) is 0 Å². The number of rotatable bonds is 5. The molecule has 1 amide bonds. The Balaban J connectivity index is 2.89. The second-order valence-corrected chi connectivity index (χ2v) is 5.02. The number of hydrogen-bond donors (Lipinski definition) is 2. The fourth-order valence-electron chi connectivity index (χ4n) is 2.08. The Morgan fingerprint density at radius 3 is 2.50 bits per heavy atom. The molecule has 1 saturated heterocycles. The summed E-state index contributed by atoms with van der Waals surface area (Å²) in [6.07, 6.45) is 0. The number of amides is 1. The Bertz CT molecular complexity index is 330. The lowest BCUT2D eigenvalue weighted by atomic mass is 9.98. The van der Waals surface area contributed by atoms with Gasteiger partial charge in [0.25, 0.3) is 0 Å². The van der Waals surface area contributed by atoms with E-state index in [4.69, 9.17) is 9.84 Å². The fraction of sp³-hybridized carbons (Fsp3) is 0.833. The van der Waals surface area contributed by atoms with Gasteiger partial charge in [-0.05, 0) is 27.8 Å². The van der Waals surface area contributed by atoms with Crippen molar-refractivity contribution < 1.29 is 19.4 Å². The van der Waals surface area contributed by atoms with E-state index in [-0.39, 0.29) is 25.2 Å². The van der Waals surface area contributed by atoms with Gasteiger partial charge in [-0.1, -0.05) is 0 Å². The van der Waals surface area contributed by atoms with Crippen molar-refractivity contribution in [2.45, 2.75) is 32.4 Å². The summed E-state index contributed by atoms with van der Waals surface area (Å²) in [7, 11) is 1.71. The average Bonchev–Trinajstić information content (AvgIpc) is 2.79. The highest BCUT2D eigenvalue weighted by atomic mass is 16.5. The van der Waals surface area contributed by atoms with Crippen LogP contribution < -0.4 is 5.32 Å². The summed E-state index contributed by atoms with van der Waals surface area (Å²) >= 11 is 0. The van der Waals surface area contributed by atoms with Gasteiger partial charge in [-0.3, -0.25) is 9.59 Å². The van der Waals surface area contributed by atoms with E-state index in [1.54, 1.807) is 25.8 Å². The molecule has 1 aliphatic rings. The molecule has 18 heavy (non-hydrogen) atoms. The van der Waals surface area contributed by atoms with Gasteiger partial charge in [0.05, 0.1) is 24.8 Å². The molecule has 0 saturated carbocycles. The fourth-order valence-corrected chi connectivity index (χ4v) is 2.08. The van der Waals surface area contributed by atoms with Crippen molar-refractivity contribution in [3.05, 3.63) is 0 Å². The second kappa shape index (κ2) is 5.67. The van der Waals surface area contributed by atoms with E-state index in [9.17, 15) is 9.59 Å². The maximum Gasteiger partial charge on any atom is 0.311 e. The highest BCUT2D eigenvalue weighted by molar-refractivity contribution is 5.86. The third-order valence-electron chi connectivity index (χ3n) is 3.53. The van der Waals surface area contributed by atoms with Crippen molar-refractivity contribution in [3.8, 4) is 0 Å². The first-order valence-electron chi connectivity index (χ1n) is 6.15. The van der Waals surface area contributed by atoms with Crippen LogP contribution in [0.4, 0.5) is 0 Å². The van der Waals surface area contributed by atoms with Gasteiger partial charge in [0, 0.05) is 6.54 Å². The highest BCUT2D eigenvalue weighted by Gasteiger charge is 2.42. The number of aliphatic carboxylic acids is 1. The van der Waals surface area contributed by atoms with Crippen molar-refractivity contribution in [3.63, 3.8) is 0 Å². The number of nitrogens with one attached hydrogen (secondary N) is 1. The molecule has 0 spiro atoms. The van der Waals surface area contributed by atoms with Gasteiger partial charge in [-0.2, -0.15) is 0 Å². The van der Waals surface area contributed by atoms with Gasteiger partial charge >= 0.3 is 5.97 Å². The zero-order chi connectivity index (χ0) is 13.9. The molecule has 1 aliphatic heterocycles. The quantitative estimate of drug-likeness (QED) is 0.722. The Labute approximate surface area is 107 Å². The lowest BCUT2D eigenvalue weighted by Gasteiger charge is -2.35. The number of carboxylic acid groups (broad SMARTS) is 1. The van der Waals surface area contributed by atoms with Crippen molar-refractivity contribution >= 4 is 11.9 Å². The summed E-state index contributed by atoms with van der Waals surface area (Å²) < 4.78 is 5.22. The molecule has 0 bridgehead atoms. The number of carbonyl (C=O) groups is 2. The Hall–Kier alpha value is -1.14. The molecule has 6 heteroatoms. The Morgan fingerprint density at radius 1 is 1.44 bits per heavy atom. The first kappa shape index (κ1) is 14.9. The largest absolute Gasteiger partial charge is 0.481 e. The van der Waals surface area contributed by atoms with Crippen LogP contribution in [0.1, 0.15) is 20.8 Å². The van der Waals surface area contributed by atoms with Gasteiger partial charge in [0.2, 0.25) is 5.91 Å². The predicted molar refractivity (Wildman–Crippen MR) is 66.3 cm³/mol. The van der Waals surface area contributed by atoms with E-state index in [2.05, 4.69) is 5.32 Å². The monoisotopic (exact) mass is 258 g/mol. The topological polar surface area (TPSA) is 78.9 Å². The molecule has 0 aromatic rings. The molecule has 0 radical (unpaired) electrons. The van der Waals surface area contributed by atoms with E-state index in [0.717, 1.165) is 0 Å². The molecule has 0 aromatic heterocycles. The molecule has 1 fully saturated rings. The second-order valence-electron chi connectivity index (χ2n) is 5.02. The summed E-state index contributed by atoms with van der Waals surface area (Å²) in [5.74, 6) is -1.65. The van der Waals surface area contributed by atoms with E-state index >= 15 is 0 Å². The maximum absolute atomic E-state index is 12.4. The first-order chi connectivity index (χ1) is 8.35. The van der Waals surface area contributed by atoms with E-state index in [0.29, 0.717) is 6.54 Å². The van der Waals surface area contributed by atoms with Crippen molar-refractivity contribution in [2.75, 3.05) is 26.8 Å². The van der Waals surface area contributed by atoms with Crippen molar-refractivity contribution in [1.82, 2.24) is 10.2 Å². The Morgan fingerprint density at radius 2 is 2.06 bits per heavy atom. The van der Waals surface area contributed by atoms with Gasteiger partial charge in [-0.25, -0.2) is 0 Å². The lowest BCUT2D eigenvalue weighted by Crippen LogP contribution is -2.57. The van der Waals surface area contributed by atoms with E-state index in [1.807, 2.05) is 6.92 Å². The zero-order valence-corrected chi connectivity index (χ0v) is 11.4. The van der Waals surface area contributed by atoms with Crippen LogP contribution in [0.3, 0.4) is 0 Å². The van der Waals surface area contributed by atoms with Crippen LogP contribution >= 0.6 is 0 Å². The third kappa shape index (κ3) is 2.81. The SMILES string of the molecule is CCN(C(=O)C(C)(C)NC)C1COCC1C(=O)O. The number of nitrogens with zero attached hydrogens (tertiary/aromatic N) is 1. The van der Waals surface area contributed by atoms with Crippen LogP contribution in [0.25, 0.3) is 0 Å². The molecular weight excluding hydrogens is 236 g/mol. The molecule has 1 heterocycles. The Kier molecular flexibility index (Phi) is 4.70. The summed E-state index contributed by atoms with van der Waals surface area (Å²) in [5, 5.41) is 12.1. The van der Waals surface area contributed by atoms with Crippen LogP contribution in [0, 0.1) is 5.92 Å². The standard InChI is InChI=1S/C12H22N2O4/c1-5-14(11(17)12(2,3)13-4)9-7-18-6-8(9)10(15)16/h8-9,13H,5-7H2,1-4H3,(H,15,16). The summed E-state index contributed by atoms with van der Waals surface area (Å²) in [6.45, 7) is 6.34. The molecule has 1 rings (SSSR count). The van der Waals surface area contributed by atoms with Crippen LogP contribution in [-0.2, 0) is 14.3 Å². The molecule has 0 aliphatic carbocycles. The van der Waals surface area contributed by atoms with Crippen molar-refractivity contribution in [2.24, 2.45) is 5.92 Å². The van der Waals surface area contributed by atoms with E-state index < -0.39 is 17.4 Å². The van der Waals surface area contributed by atoms with Crippen LogP contribution in [-0.4, -0.2) is 60.3 Å². The molecule has 2 unspecified atom stereocenters. The molecule has 2 N–H and O–H groups in total. The molecule has 6 nitrogen and oxygen atoms in total. The minimum Gasteiger partial charge on any atom is -0.481 e. The van der Waals surface area contributed by atoms with Crippen LogP contribution in [0.2, 0.25) is 0 Å². The average molecular weight is 258 g/mol. The van der Waals surface area contributed by atoms with Crippen molar-refractivity contribution in [1.29, 1.82) is 0 Å². The number of likely N-dealkylation sites (N-methyl/N-ethyl adjacent to an activating group) is 2. The molecular formula is C12H22N2O4. The summed E-state index contributed by atoms with van der Waals surface area (Å²) in [6, 6.07) is -0.382. The summed E-state index contributed by atoms with van der Waals surface area (Å²) in [5.41, 5.74) is -0.707. The smallest absolute Gasteiger partial charge is 0.311 e. The summed E-state index contributed by atoms with van der Waals surface area (Å²) in [4.78, 5) is 25.1. The van der Waals surface area contributed by atoms with Gasteiger partial charge in [0.15, 0.2) is 0 Å². The van der Waals surface area contributed by atoms with Crippen LogP contribution in [0.15, 0.2) is 0 Å².